The molecule has 0 bridgehead atoms. The Hall–Kier alpha value is -0.870. The lowest BCUT2D eigenvalue weighted by Crippen LogP contribution is -2.02. The summed E-state index contributed by atoms with van der Waals surface area (Å²) >= 11 is 3.19. The van der Waals surface area contributed by atoms with Crippen molar-refractivity contribution >= 4 is 28.0 Å². The summed E-state index contributed by atoms with van der Waals surface area (Å²) in [4.78, 5) is 10.3. The fraction of sp³-hybridized carbons (Fsp3) is 0.300. The van der Waals surface area contributed by atoms with Crippen molar-refractivity contribution < 1.29 is 9.90 Å². The molecule has 1 aromatic rings. The van der Waals surface area contributed by atoms with E-state index in [1.165, 1.54) is 0 Å². The molecule has 0 aromatic heterocycles. The van der Waals surface area contributed by atoms with Crippen LogP contribution in [0, 0.1) is 6.92 Å². The Labute approximate surface area is 91.3 Å². The molecular formula is C10H12BrNO2. The smallest absolute Gasteiger partial charge is 0.211 e. The topological polar surface area (TPSA) is 49.3 Å². The Kier molecular flexibility index (Phi) is 4.10. The Morgan fingerprint density at radius 2 is 2.36 bits per heavy atom. The van der Waals surface area contributed by atoms with Gasteiger partial charge in [-0.05, 0) is 24.1 Å². The van der Waals surface area contributed by atoms with Gasteiger partial charge in [-0.1, -0.05) is 28.1 Å². The van der Waals surface area contributed by atoms with Crippen molar-refractivity contribution in [3.05, 3.63) is 29.3 Å². The maximum Gasteiger partial charge on any atom is 0.211 e. The summed E-state index contributed by atoms with van der Waals surface area (Å²) in [6.45, 7) is 1.90. The van der Waals surface area contributed by atoms with E-state index < -0.39 is 6.10 Å². The summed E-state index contributed by atoms with van der Waals surface area (Å²) in [5.41, 5.74) is 2.50. The predicted molar refractivity (Wildman–Crippen MR) is 59.6 cm³/mol. The third-order valence-electron chi connectivity index (χ3n) is 2.01. The molecule has 1 atom stereocenters. The number of nitrogens with one attached hydrogen (secondary N) is 1. The van der Waals surface area contributed by atoms with Gasteiger partial charge in [0, 0.05) is 11.0 Å². The average molecular weight is 258 g/mol. The molecule has 0 radical (unpaired) electrons. The van der Waals surface area contributed by atoms with Crippen LogP contribution in [0.4, 0.5) is 5.69 Å². The number of carbonyl (C=O) groups excluding carboxylic acids is 1. The number of aliphatic hydroxyl groups is 1. The van der Waals surface area contributed by atoms with E-state index in [1.807, 2.05) is 19.1 Å². The van der Waals surface area contributed by atoms with Crippen LogP contribution < -0.4 is 5.32 Å². The number of hydrogen-bond acceptors (Lipinski definition) is 2. The highest BCUT2D eigenvalue weighted by atomic mass is 79.9. The predicted octanol–water partition coefficient (Wildman–Crippen LogP) is 1.99. The lowest BCUT2D eigenvalue weighted by atomic mass is 10.1. The van der Waals surface area contributed by atoms with Crippen molar-refractivity contribution in [2.75, 3.05) is 10.6 Å². The zero-order valence-corrected chi connectivity index (χ0v) is 9.41. The summed E-state index contributed by atoms with van der Waals surface area (Å²) in [5, 5.41) is 12.6. The van der Waals surface area contributed by atoms with Crippen LogP contribution in [0.1, 0.15) is 17.2 Å². The number of hydrogen-bond donors (Lipinski definition) is 2. The van der Waals surface area contributed by atoms with Crippen LogP contribution in [-0.2, 0) is 4.79 Å². The average Bonchev–Trinajstić information content (AvgIpc) is 2.20. The normalized spacial score (nSPS) is 12.2. The van der Waals surface area contributed by atoms with Crippen LogP contribution >= 0.6 is 15.9 Å². The monoisotopic (exact) mass is 257 g/mol. The molecule has 1 amide bonds. The van der Waals surface area contributed by atoms with E-state index in [9.17, 15) is 9.90 Å². The zero-order valence-electron chi connectivity index (χ0n) is 7.83. The Morgan fingerprint density at radius 3 is 2.93 bits per heavy atom. The van der Waals surface area contributed by atoms with Gasteiger partial charge in [-0.2, -0.15) is 0 Å². The summed E-state index contributed by atoms with van der Waals surface area (Å²) in [7, 11) is 0. The van der Waals surface area contributed by atoms with Crippen molar-refractivity contribution in [2.24, 2.45) is 0 Å². The first-order chi connectivity index (χ1) is 6.69. The number of alkyl halides is 1. The molecule has 0 unspecified atom stereocenters. The summed E-state index contributed by atoms with van der Waals surface area (Å²) in [6, 6.07) is 5.49. The van der Waals surface area contributed by atoms with Crippen LogP contribution in [0.2, 0.25) is 0 Å². The zero-order chi connectivity index (χ0) is 10.6. The molecule has 0 fully saturated rings. The van der Waals surface area contributed by atoms with Crippen LogP contribution in [0.5, 0.6) is 0 Å². The van der Waals surface area contributed by atoms with E-state index in [1.54, 1.807) is 6.07 Å². The van der Waals surface area contributed by atoms with Crippen LogP contribution in [0.15, 0.2) is 18.2 Å². The highest BCUT2D eigenvalue weighted by molar-refractivity contribution is 9.09. The SMILES string of the molecule is Cc1ccc([C@@H](O)CBr)cc1NC=O. The molecule has 76 valence electrons. The van der Waals surface area contributed by atoms with Gasteiger partial charge in [0.05, 0.1) is 6.10 Å². The van der Waals surface area contributed by atoms with E-state index in [0.29, 0.717) is 11.7 Å². The van der Waals surface area contributed by atoms with Crippen molar-refractivity contribution in [2.45, 2.75) is 13.0 Å². The van der Waals surface area contributed by atoms with Gasteiger partial charge < -0.3 is 10.4 Å². The molecule has 4 heteroatoms. The van der Waals surface area contributed by atoms with Crippen LogP contribution in [0.3, 0.4) is 0 Å². The fourth-order valence-electron chi connectivity index (χ4n) is 1.15. The van der Waals surface area contributed by atoms with Crippen molar-refractivity contribution in [3.8, 4) is 0 Å². The summed E-state index contributed by atoms with van der Waals surface area (Å²) < 4.78 is 0. The highest BCUT2D eigenvalue weighted by Gasteiger charge is 2.07. The van der Waals surface area contributed by atoms with E-state index in [2.05, 4.69) is 21.2 Å². The van der Waals surface area contributed by atoms with Gasteiger partial charge in [-0.3, -0.25) is 4.79 Å². The Bertz CT molecular complexity index is 328. The molecule has 1 rings (SSSR count). The molecule has 0 aliphatic rings. The minimum absolute atomic E-state index is 0.483. The second kappa shape index (κ2) is 5.12. The number of rotatable bonds is 4. The highest BCUT2D eigenvalue weighted by Crippen LogP contribution is 2.22. The van der Waals surface area contributed by atoms with E-state index in [-0.39, 0.29) is 0 Å². The third kappa shape index (κ3) is 2.56. The number of anilines is 1. The molecule has 0 aliphatic carbocycles. The van der Waals surface area contributed by atoms with E-state index >= 15 is 0 Å². The first kappa shape index (κ1) is 11.2. The minimum Gasteiger partial charge on any atom is -0.388 e. The molecule has 1 aromatic carbocycles. The summed E-state index contributed by atoms with van der Waals surface area (Å²) in [6.07, 6.45) is 0.0925. The largest absolute Gasteiger partial charge is 0.388 e. The number of aryl methyl sites for hydroxylation is 1. The quantitative estimate of drug-likeness (QED) is 0.641. The maximum atomic E-state index is 10.3. The van der Waals surface area contributed by atoms with Gasteiger partial charge in [0.15, 0.2) is 0 Å². The van der Waals surface area contributed by atoms with Gasteiger partial charge in [0.25, 0.3) is 0 Å². The first-order valence-electron chi connectivity index (χ1n) is 4.23. The number of amides is 1. The van der Waals surface area contributed by atoms with E-state index in [0.717, 1.165) is 16.8 Å². The number of benzene rings is 1. The minimum atomic E-state index is -0.539. The molecule has 2 N–H and O–H groups in total. The second-order valence-electron chi connectivity index (χ2n) is 3.01. The molecule has 0 saturated carbocycles. The lowest BCUT2D eigenvalue weighted by Gasteiger charge is -2.10. The molecule has 0 heterocycles. The van der Waals surface area contributed by atoms with Crippen LogP contribution in [-0.4, -0.2) is 16.8 Å². The van der Waals surface area contributed by atoms with E-state index in [4.69, 9.17) is 0 Å². The van der Waals surface area contributed by atoms with Crippen molar-refractivity contribution in [3.63, 3.8) is 0 Å². The molecule has 0 spiro atoms. The standard InChI is InChI=1S/C10H12BrNO2/c1-7-2-3-8(10(14)5-11)4-9(7)12-6-13/h2-4,6,10,14H,5H2,1H3,(H,12,13)/t10-/m0/s1. The van der Waals surface area contributed by atoms with Gasteiger partial charge in [0.1, 0.15) is 0 Å². The second-order valence-corrected chi connectivity index (χ2v) is 3.65. The molecule has 0 aliphatic heterocycles. The fourth-order valence-corrected chi connectivity index (χ4v) is 1.53. The lowest BCUT2D eigenvalue weighted by molar-refractivity contribution is -0.105. The number of carbonyl (C=O) groups is 1. The van der Waals surface area contributed by atoms with Gasteiger partial charge >= 0.3 is 0 Å². The first-order valence-corrected chi connectivity index (χ1v) is 5.36. The third-order valence-corrected chi connectivity index (χ3v) is 2.62. The van der Waals surface area contributed by atoms with Crippen molar-refractivity contribution in [1.29, 1.82) is 0 Å². The Balaban J connectivity index is 2.99. The molecule has 14 heavy (non-hydrogen) atoms. The van der Waals surface area contributed by atoms with Crippen LogP contribution in [0.25, 0.3) is 0 Å². The van der Waals surface area contributed by atoms with Gasteiger partial charge in [-0.25, -0.2) is 0 Å². The maximum absolute atomic E-state index is 10.3. The number of halogens is 1. The van der Waals surface area contributed by atoms with Gasteiger partial charge in [-0.15, -0.1) is 0 Å². The summed E-state index contributed by atoms with van der Waals surface area (Å²) in [5.74, 6) is 0. The molecule has 3 nitrogen and oxygen atoms in total. The molecule has 0 saturated heterocycles. The Morgan fingerprint density at radius 1 is 1.64 bits per heavy atom. The van der Waals surface area contributed by atoms with Gasteiger partial charge in [0.2, 0.25) is 6.41 Å². The molecular weight excluding hydrogens is 246 g/mol. The number of aliphatic hydroxyl groups excluding tert-OH is 1. The van der Waals surface area contributed by atoms with Crippen molar-refractivity contribution in [1.82, 2.24) is 0 Å².